The standard InChI is InChI=1S/C15H28O8/c1-3-4-5-6-7-8-11(17)23-15(21)13(19)12(18)10(9-16)22-14(15,2)20/h10,12-13,16,18-21H,3-9H2,1-2H3/t10-,12-,13+,14?,15-/m1/s1. The number of aliphatic hydroxyl groups excluding tert-OH is 3. The Morgan fingerprint density at radius 2 is 1.78 bits per heavy atom. The van der Waals surface area contributed by atoms with Crippen molar-refractivity contribution in [1.29, 1.82) is 0 Å². The van der Waals surface area contributed by atoms with E-state index in [-0.39, 0.29) is 6.42 Å². The first-order chi connectivity index (χ1) is 10.7. The minimum Gasteiger partial charge on any atom is -0.424 e. The Bertz CT molecular complexity index is 386. The molecule has 0 aliphatic carbocycles. The molecule has 1 saturated heterocycles. The first kappa shape index (κ1) is 20.3. The maximum absolute atomic E-state index is 11.8. The van der Waals surface area contributed by atoms with Crippen LogP contribution in [-0.2, 0) is 14.3 Å². The van der Waals surface area contributed by atoms with E-state index < -0.39 is 42.5 Å². The van der Waals surface area contributed by atoms with Crippen molar-refractivity contribution >= 4 is 5.97 Å². The van der Waals surface area contributed by atoms with E-state index in [4.69, 9.17) is 14.6 Å². The molecule has 8 nitrogen and oxygen atoms in total. The predicted molar refractivity (Wildman–Crippen MR) is 79.0 cm³/mol. The van der Waals surface area contributed by atoms with Gasteiger partial charge in [-0.1, -0.05) is 32.6 Å². The molecule has 0 aromatic rings. The molecule has 0 spiro atoms. The molecule has 1 heterocycles. The molecular weight excluding hydrogens is 308 g/mol. The van der Waals surface area contributed by atoms with Gasteiger partial charge >= 0.3 is 5.97 Å². The summed E-state index contributed by atoms with van der Waals surface area (Å²) in [7, 11) is 0. The highest BCUT2D eigenvalue weighted by atomic mass is 16.7. The molecule has 8 heteroatoms. The topological polar surface area (TPSA) is 137 Å². The third-order valence-electron chi connectivity index (χ3n) is 4.08. The van der Waals surface area contributed by atoms with E-state index in [1.165, 1.54) is 0 Å². The van der Waals surface area contributed by atoms with Crippen molar-refractivity contribution in [2.45, 2.75) is 82.3 Å². The summed E-state index contributed by atoms with van der Waals surface area (Å²) in [5.74, 6) is -6.11. The van der Waals surface area contributed by atoms with Gasteiger partial charge in [-0.3, -0.25) is 4.79 Å². The van der Waals surface area contributed by atoms with Gasteiger partial charge in [-0.2, -0.15) is 0 Å². The zero-order valence-electron chi connectivity index (χ0n) is 13.6. The number of aliphatic hydroxyl groups is 5. The van der Waals surface area contributed by atoms with Gasteiger partial charge in [0.15, 0.2) is 6.10 Å². The van der Waals surface area contributed by atoms with Gasteiger partial charge in [-0.25, -0.2) is 0 Å². The van der Waals surface area contributed by atoms with Gasteiger partial charge in [0.1, 0.15) is 12.2 Å². The first-order valence-electron chi connectivity index (χ1n) is 8.01. The van der Waals surface area contributed by atoms with E-state index in [1.54, 1.807) is 0 Å². The van der Waals surface area contributed by atoms with E-state index in [9.17, 15) is 25.2 Å². The molecule has 5 N–H and O–H groups in total. The SMILES string of the molecule is CCCCCCCC(=O)O[C@]1(O)[C@@H](O)[C@H](O)[C@@H](CO)OC1(C)O. The number of rotatable bonds is 8. The van der Waals surface area contributed by atoms with Crippen LogP contribution in [0.4, 0.5) is 0 Å². The van der Waals surface area contributed by atoms with Crippen molar-refractivity contribution in [1.82, 2.24) is 0 Å². The summed E-state index contributed by atoms with van der Waals surface area (Å²) in [4.78, 5) is 11.8. The van der Waals surface area contributed by atoms with Crippen LogP contribution in [0.2, 0.25) is 0 Å². The smallest absolute Gasteiger partial charge is 0.308 e. The van der Waals surface area contributed by atoms with Gasteiger partial charge in [0.2, 0.25) is 5.79 Å². The second-order valence-corrected chi connectivity index (χ2v) is 6.09. The zero-order chi connectivity index (χ0) is 17.7. The summed E-state index contributed by atoms with van der Waals surface area (Å²) in [5, 5.41) is 49.3. The second-order valence-electron chi connectivity index (χ2n) is 6.09. The van der Waals surface area contributed by atoms with Crippen molar-refractivity contribution in [3.05, 3.63) is 0 Å². The van der Waals surface area contributed by atoms with Crippen molar-refractivity contribution in [2.24, 2.45) is 0 Å². The van der Waals surface area contributed by atoms with Crippen molar-refractivity contribution in [3.8, 4) is 0 Å². The number of hydrogen-bond acceptors (Lipinski definition) is 8. The molecule has 23 heavy (non-hydrogen) atoms. The van der Waals surface area contributed by atoms with E-state index in [2.05, 4.69) is 6.92 Å². The quantitative estimate of drug-likeness (QED) is 0.225. The normalized spacial score (nSPS) is 37.6. The highest BCUT2D eigenvalue weighted by Crippen LogP contribution is 2.37. The average Bonchev–Trinajstić information content (AvgIpc) is 2.49. The largest absolute Gasteiger partial charge is 0.424 e. The van der Waals surface area contributed by atoms with Crippen LogP contribution < -0.4 is 0 Å². The lowest BCUT2D eigenvalue weighted by Gasteiger charge is -2.50. The molecule has 136 valence electrons. The van der Waals surface area contributed by atoms with Gasteiger partial charge < -0.3 is 35.0 Å². The fourth-order valence-corrected chi connectivity index (χ4v) is 2.56. The summed E-state index contributed by atoms with van der Waals surface area (Å²) in [6.07, 6.45) is -0.553. The molecule has 1 unspecified atom stereocenters. The molecule has 0 saturated carbocycles. The summed E-state index contributed by atoms with van der Waals surface area (Å²) < 4.78 is 9.77. The maximum atomic E-state index is 11.8. The van der Waals surface area contributed by atoms with Gasteiger partial charge in [0.05, 0.1) is 6.61 Å². The summed E-state index contributed by atoms with van der Waals surface area (Å²) in [5.41, 5.74) is 0. The molecule has 0 bridgehead atoms. The molecule has 1 rings (SSSR count). The Labute approximate surface area is 135 Å². The molecule has 0 amide bonds. The summed E-state index contributed by atoms with van der Waals surface area (Å²) >= 11 is 0. The van der Waals surface area contributed by atoms with Crippen LogP contribution in [-0.4, -0.2) is 68.0 Å². The van der Waals surface area contributed by atoms with Crippen LogP contribution in [0, 0.1) is 0 Å². The van der Waals surface area contributed by atoms with Crippen LogP contribution in [0.25, 0.3) is 0 Å². The minimum absolute atomic E-state index is 0.00828. The van der Waals surface area contributed by atoms with Crippen molar-refractivity contribution < 1.29 is 39.8 Å². The molecule has 5 atom stereocenters. The van der Waals surface area contributed by atoms with Gasteiger partial charge in [0.25, 0.3) is 5.79 Å². The third-order valence-corrected chi connectivity index (χ3v) is 4.08. The zero-order valence-corrected chi connectivity index (χ0v) is 13.6. The number of ether oxygens (including phenoxy) is 2. The Morgan fingerprint density at radius 1 is 1.17 bits per heavy atom. The molecule has 1 aliphatic rings. The Balaban J connectivity index is 2.66. The fourth-order valence-electron chi connectivity index (χ4n) is 2.56. The lowest BCUT2D eigenvalue weighted by Crippen LogP contribution is -2.73. The number of carbonyl (C=O) groups is 1. The lowest BCUT2D eigenvalue weighted by atomic mass is 9.89. The lowest BCUT2D eigenvalue weighted by molar-refractivity contribution is -0.440. The van der Waals surface area contributed by atoms with Crippen LogP contribution in [0.3, 0.4) is 0 Å². The third kappa shape index (κ3) is 4.62. The molecule has 1 aliphatic heterocycles. The average molecular weight is 336 g/mol. The minimum atomic E-state index is -2.82. The second kappa shape index (κ2) is 8.36. The number of unbranched alkanes of at least 4 members (excludes halogenated alkanes) is 4. The summed E-state index contributed by atoms with van der Waals surface area (Å²) in [6.45, 7) is 2.37. The monoisotopic (exact) mass is 336 g/mol. The molecule has 1 fully saturated rings. The van der Waals surface area contributed by atoms with Gasteiger partial charge in [0, 0.05) is 6.42 Å². The molecular formula is C15H28O8. The Morgan fingerprint density at radius 3 is 2.35 bits per heavy atom. The number of carbonyl (C=O) groups excluding carboxylic acids is 1. The molecule has 0 aromatic heterocycles. The van der Waals surface area contributed by atoms with Crippen molar-refractivity contribution in [2.75, 3.05) is 6.61 Å². The van der Waals surface area contributed by atoms with E-state index in [1.807, 2.05) is 0 Å². The Kier molecular flexibility index (Phi) is 7.37. The summed E-state index contributed by atoms with van der Waals surface area (Å²) in [6, 6.07) is 0. The number of esters is 1. The highest BCUT2D eigenvalue weighted by molar-refractivity contribution is 5.69. The van der Waals surface area contributed by atoms with E-state index >= 15 is 0 Å². The highest BCUT2D eigenvalue weighted by Gasteiger charge is 2.64. The van der Waals surface area contributed by atoms with Crippen LogP contribution in [0.5, 0.6) is 0 Å². The van der Waals surface area contributed by atoms with Crippen LogP contribution >= 0.6 is 0 Å². The van der Waals surface area contributed by atoms with Gasteiger partial charge in [-0.05, 0) is 13.3 Å². The molecule has 0 radical (unpaired) electrons. The van der Waals surface area contributed by atoms with Crippen molar-refractivity contribution in [3.63, 3.8) is 0 Å². The van der Waals surface area contributed by atoms with E-state index in [0.29, 0.717) is 6.42 Å². The first-order valence-corrected chi connectivity index (χ1v) is 8.01. The predicted octanol–water partition coefficient (Wildman–Crippen LogP) is -0.600. The maximum Gasteiger partial charge on any atom is 0.308 e. The van der Waals surface area contributed by atoms with E-state index in [0.717, 1.165) is 32.6 Å². The van der Waals surface area contributed by atoms with Gasteiger partial charge in [-0.15, -0.1) is 0 Å². The fraction of sp³-hybridized carbons (Fsp3) is 0.933. The van der Waals surface area contributed by atoms with Crippen LogP contribution in [0.15, 0.2) is 0 Å². The van der Waals surface area contributed by atoms with Crippen LogP contribution in [0.1, 0.15) is 52.4 Å². The number of hydrogen-bond donors (Lipinski definition) is 5. The molecule has 0 aromatic carbocycles. The Hall–Kier alpha value is -0.770.